The number of rotatable bonds is 4. The van der Waals surface area contributed by atoms with Crippen LogP contribution in [-0.2, 0) is 9.47 Å². The number of ether oxygens (including phenoxy) is 3. The third kappa shape index (κ3) is 3.05. The van der Waals surface area contributed by atoms with Gasteiger partial charge in [0.25, 0.3) is 5.69 Å². The van der Waals surface area contributed by atoms with Crippen LogP contribution < -0.4 is 4.74 Å². The summed E-state index contributed by atoms with van der Waals surface area (Å²) in [4.78, 5) is 9.90. The van der Waals surface area contributed by atoms with E-state index in [4.69, 9.17) is 14.2 Å². The first-order chi connectivity index (χ1) is 10.6. The molecule has 22 heavy (non-hydrogen) atoms. The number of hydrogen-bond acceptors (Lipinski definition) is 5. The molecule has 0 radical (unpaired) electrons. The molecule has 0 unspecified atom stereocenters. The molecule has 1 saturated heterocycles. The number of nitro benzene ring substituents is 1. The Balaban J connectivity index is 1.74. The standard InChI is InChI=1S/C15H12FNO5/c16-13-9-11(17(18)19)3-6-14(13)22-12-4-1-10(2-5-12)15-20-7-8-21-15/h1-6,9,15H,7-8H2. The highest BCUT2D eigenvalue weighted by molar-refractivity contribution is 5.40. The summed E-state index contributed by atoms with van der Waals surface area (Å²) in [6.45, 7) is 1.11. The first kappa shape index (κ1) is 14.4. The van der Waals surface area contributed by atoms with Crippen LogP contribution in [0.4, 0.5) is 10.1 Å². The highest BCUT2D eigenvalue weighted by Crippen LogP contribution is 2.29. The van der Waals surface area contributed by atoms with Gasteiger partial charge in [-0.25, -0.2) is 4.39 Å². The molecule has 1 aliphatic heterocycles. The number of hydrogen-bond donors (Lipinski definition) is 0. The van der Waals surface area contributed by atoms with Crippen LogP contribution in [0.5, 0.6) is 11.5 Å². The molecule has 2 aromatic rings. The van der Waals surface area contributed by atoms with Crippen molar-refractivity contribution >= 4 is 5.69 Å². The molecular weight excluding hydrogens is 293 g/mol. The van der Waals surface area contributed by atoms with E-state index in [-0.39, 0.29) is 17.7 Å². The van der Waals surface area contributed by atoms with Crippen molar-refractivity contribution in [2.45, 2.75) is 6.29 Å². The van der Waals surface area contributed by atoms with Crippen LogP contribution >= 0.6 is 0 Å². The zero-order valence-corrected chi connectivity index (χ0v) is 11.4. The first-order valence-corrected chi connectivity index (χ1v) is 6.58. The number of non-ortho nitro benzene ring substituents is 1. The van der Waals surface area contributed by atoms with Crippen LogP contribution in [0.25, 0.3) is 0 Å². The quantitative estimate of drug-likeness (QED) is 0.638. The van der Waals surface area contributed by atoms with Crippen molar-refractivity contribution < 1.29 is 23.5 Å². The second kappa shape index (κ2) is 6.08. The lowest BCUT2D eigenvalue weighted by Gasteiger charge is -2.11. The van der Waals surface area contributed by atoms with Crippen molar-refractivity contribution in [3.05, 3.63) is 64.0 Å². The Bertz CT molecular complexity index is 683. The Morgan fingerprint density at radius 2 is 1.82 bits per heavy atom. The Kier molecular flexibility index (Phi) is 3.99. The molecule has 0 bridgehead atoms. The fourth-order valence-electron chi connectivity index (χ4n) is 2.06. The summed E-state index contributed by atoms with van der Waals surface area (Å²) >= 11 is 0. The van der Waals surface area contributed by atoms with E-state index in [2.05, 4.69) is 0 Å². The van der Waals surface area contributed by atoms with Gasteiger partial charge in [0.1, 0.15) is 5.75 Å². The van der Waals surface area contributed by atoms with Crippen molar-refractivity contribution in [1.29, 1.82) is 0 Å². The molecule has 3 rings (SSSR count). The van der Waals surface area contributed by atoms with Crippen LogP contribution in [0, 0.1) is 15.9 Å². The molecule has 114 valence electrons. The van der Waals surface area contributed by atoms with Crippen LogP contribution in [0.15, 0.2) is 42.5 Å². The second-order valence-electron chi connectivity index (χ2n) is 4.62. The minimum absolute atomic E-state index is 0.0771. The van der Waals surface area contributed by atoms with Gasteiger partial charge >= 0.3 is 0 Å². The summed E-state index contributed by atoms with van der Waals surface area (Å²) < 4.78 is 29.9. The van der Waals surface area contributed by atoms with Gasteiger partial charge < -0.3 is 14.2 Å². The zero-order chi connectivity index (χ0) is 15.5. The third-order valence-electron chi connectivity index (χ3n) is 3.13. The highest BCUT2D eigenvalue weighted by atomic mass is 19.1. The molecule has 0 saturated carbocycles. The molecular formula is C15H12FNO5. The van der Waals surface area contributed by atoms with E-state index >= 15 is 0 Å². The van der Waals surface area contributed by atoms with Crippen LogP contribution in [0.2, 0.25) is 0 Å². The second-order valence-corrected chi connectivity index (χ2v) is 4.62. The fraction of sp³-hybridized carbons (Fsp3) is 0.200. The smallest absolute Gasteiger partial charge is 0.272 e. The number of nitrogens with zero attached hydrogens (tertiary/aromatic N) is 1. The summed E-state index contributed by atoms with van der Waals surface area (Å²) in [5, 5.41) is 10.6. The maximum atomic E-state index is 13.8. The van der Waals surface area contributed by atoms with Gasteiger partial charge in [0.05, 0.1) is 24.2 Å². The van der Waals surface area contributed by atoms with Gasteiger partial charge in [0.2, 0.25) is 0 Å². The monoisotopic (exact) mass is 305 g/mol. The summed E-state index contributed by atoms with van der Waals surface area (Å²) in [6.07, 6.45) is -0.384. The lowest BCUT2D eigenvalue weighted by atomic mass is 10.2. The van der Waals surface area contributed by atoms with Crippen molar-refractivity contribution in [3.8, 4) is 11.5 Å². The summed E-state index contributed by atoms with van der Waals surface area (Å²) in [5.74, 6) is -0.457. The Hall–Kier alpha value is -2.51. The van der Waals surface area contributed by atoms with Gasteiger partial charge in [0.15, 0.2) is 17.9 Å². The first-order valence-electron chi connectivity index (χ1n) is 6.58. The number of benzene rings is 2. The molecule has 1 aliphatic rings. The largest absolute Gasteiger partial charge is 0.454 e. The molecule has 1 fully saturated rings. The maximum Gasteiger partial charge on any atom is 0.272 e. The molecule has 1 heterocycles. The minimum atomic E-state index is -0.791. The number of halogens is 1. The average molecular weight is 305 g/mol. The van der Waals surface area contributed by atoms with Gasteiger partial charge in [0, 0.05) is 11.6 Å². The SMILES string of the molecule is O=[N+]([O-])c1ccc(Oc2ccc(C3OCCO3)cc2)c(F)c1. The van der Waals surface area contributed by atoms with E-state index in [9.17, 15) is 14.5 Å². The van der Waals surface area contributed by atoms with E-state index in [0.717, 1.165) is 11.6 Å². The van der Waals surface area contributed by atoms with Gasteiger partial charge in [-0.3, -0.25) is 10.1 Å². The van der Waals surface area contributed by atoms with Crippen LogP contribution in [0.1, 0.15) is 11.9 Å². The van der Waals surface area contributed by atoms with Crippen molar-refractivity contribution in [3.63, 3.8) is 0 Å². The van der Waals surface area contributed by atoms with Gasteiger partial charge in [-0.15, -0.1) is 0 Å². The van der Waals surface area contributed by atoms with E-state index in [0.29, 0.717) is 19.0 Å². The highest BCUT2D eigenvalue weighted by Gasteiger charge is 2.18. The van der Waals surface area contributed by atoms with Crippen molar-refractivity contribution in [2.75, 3.05) is 13.2 Å². The predicted molar refractivity (Wildman–Crippen MR) is 74.2 cm³/mol. The van der Waals surface area contributed by atoms with Crippen molar-refractivity contribution in [2.24, 2.45) is 0 Å². The molecule has 0 N–H and O–H groups in total. The molecule has 0 aromatic heterocycles. The summed E-state index contributed by atoms with van der Waals surface area (Å²) in [6, 6.07) is 10.1. The van der Waals surface area contributed by atoms with E-state index in [1.807, 2.05) is 0 Å². The van der Waals surface area contributed by atoms with Gasteiger partial charge in [-0.05, 0) is 18.2 Å². The maximum absolute atomic E-state index is 13.8. The lowest BCUT2D eigenvalue weighted by Crippen LogP contribution is -1.97. The third-order valence-corrected chi connectivity index (χ3v) is 3.13. The predicted octanol–water partition coefficient (Wildman–Crippen LogP) is 3.57. The van der Waals surface area contributed by atoms with Crippen LogP contribution in [-0.4, -0.2) is 18.1 Å². The van der Waals surface area contributed by atoms with E-state index in [1.54, 1.807) is 24.3 Å². The van der Waals surface area contributed by atoms with E-state index in [1.165, 1.54) is 12.1 Å². The minimum Gasteiger partial charge on any atom is -0.454 e. The van der Waals surface area contributed by atoms with Crippen molar-refractivity contribution in [1.82, 2.24) is 0 Å². The fourth-order valence-corrected chi connectivity index (χ4v) is 2.06. The Labute approximate surface area is 125 Å². The van der Waals surface area contributed by atoms with Crippen LogP contribution in [0.3, 0.4) is 0 Å². The summed E-state index contributed by atoms with van der Waals surface area (Å²) in [7, 11) is 0. The molecule has 0 amide bonds. The lowest BCUT2D eigenvalue weighted by molar-refractivity contribution is -0.385. The zero-order valence-electron chi connectivity index (χ0n) is 11.4. The topological polar surface area (TPSA) is 70.8 Å². The molecule has 6 nitrogen and oxygen atoms in total. The van der Waals surface area contributed by atoms with E-state index < -0.39 is 10.7 Å². The molecule has 7 heteroatoms. The van der Waals surface area contributed by atoms with Gasteiger partial charge in [-0.2, -0.15) is 0 Å². The average Bonchev–Trinajstić information content (AvgIpc) is 3.04. The molecule has 0 atom stereocenters. The summed E-state index contributed by atoms with van der Waals surface area (Å²) in [5.41, 5.74) is 0.518. The molecule has 0 aliphatic carbocycles. The molecule has 0 spiro atoms. The Morgan fingerprint density at radius 1 is 1.14 bits per heavy atom. The molecule has 2 aromatic carbocycles. The normalized spacial score (nSPS) is 15.0. The number of nitro groups is 1. The van der Waals surface area contributed by atoms with Gasteiger partial charge in [-0.1, -0.05) is 12.1 Å². The Morgan fingerprint density at radius 3 is 2.41 bits per heavy atom.